The molecule has 30 heavy (non-hydrogen) atoms. The predicted octanol–water partition coefficient (Wildman–Crippen LogP) is 4.29. The van der Waals surface area contributed by atoms with Crippen molar-refractivity contribution in [3.05, 3.63) is 77.2 Å². The summed E-state index contributed by atoms with van der Waals surface area (Å²) in [5, 5.41) is 4.45. The summed E-state index contributed by atoms with van der Waals surface area (Å²) in [5.41, 5.74) is 2.25. The topological polar surface area (TPSA) is 56.6 Å². The van der Waals surface area contributed by atoms with E-state index in [1.54, 1.807) is 11.0 Å². The summed E-state index contributed by atoms with van der Waals surface area (Å²) in [4.78, 5) is 14.4. The fraction of sp³-hybridized carbons (Fsp3) is 0.304. The van der Waals surface area contributed by atoms with E-state index in [2.05, 4.69) is 5.10 Å². The first-order valence-corrected chi connectivity index (χ1v) is 10.0. The maximum absolute atomic E-state index is 13.9. The third-order valence-electron chi connectivity index (χ3n) is 4.69. The van der Waals surface area contributed by atoms with Crippen LogP contribution in [0.15, 0.2) is 54.6 Å². The number of halogens is 1. The Morgan fingerprint density at radius 3 is 2.57 bits per heavy atom. The summed E-state index contributed by atoms with van der Waals surface area (Å²) in [7, 11) is 1.39. The Balaban J connectivity index is 0.00000124. The zero-order valence-electron chi connectivity index (χ0n) is 17.5. The van der Waals surface area contributed by atoms with Crippen molar-refractivity contribution in [1.82, 2.24) is 14.7 Å². The SMILES string of the molecule is CC.COc1ccc(C(=O)N2CCn3nc(OCc4ccccc4)cc3C2)cc1F. The first-order valence-electron chi connectivity index (χ1n) is 10.0. The molecule has 0 unspecified atom stereocenters. The van der Waals surface area contributed by atoms with E-state index < -0.39 is 5.82 Å². The van der Waals surface area contributed by atoms with Crippen molar-refractivity contribution in [2.75, 3.05) is 13.7 Å². The van der Waals surface area contributed by atoms with Crippen molar-refractivity contribution in [3.8, 4) is 11.6 Å². The van der Waals surface area contributed by atoms with E-state index in [1.165, 1.54) is 19.2 Å². The fourth-order valence-corrected chi connectivity index (χ4v) is 3.20. The molecule has 0 radical (unpaired) electrons. The Morgan fingerprint density at radius 2 is 1.87 bits per heavy atom. The minimum Gasteiger partial charge on any atom is -0.494 e. The Labute approximate surface area is 175 Å². The maximum atomic E-state index is 13.9. The number of hydrogen-bond acceptors (Lipinski definition) is 4. The molecule has 1 aromatic heterocycles. The lowest BCUT2D eigenvalue weighted by atomic mass is 10.1. The first-order chi connectivity index (χ1) is 14.6. The Morgan fingerprint density at radius 1 is 1.10 bits per heavy atom. The first kappa shape index (κ1) is 21.4. The van der Waals surface area contributed by atoms with Crippen LogP contribution in [-0.2, 0) is 19.7 Å². The third-order valence-corrected chi connectivity index (χ3v) is 4.69. The highest BCUT2D eigenvalue weighted by Gasteiger charge is 2.24. The van der Waals surface area contributed by atoms with E-state index in [0.717, 1.165) is 11.3 Å². The summed E-state index contributed by atoms with van der Waals surface area (Å²) in [6.07, 6.45) is 0. The van der Waals surface area contributed by atoms with Gasteiger partial charge in [-0.25, -0.2) is 4.39 Å². The predicted molar refractivity (Wildman–Crippen MR) is 112 cm³/mol. The number of nitrogens with zero attached hydrogens (tertiary/aromatic N) is 3. The monoisotopic (exact) mass is 411 g/mol. The number of hydrogen-bond donors (Lipinski definition) is 0. The molecule has 0 aliphatic carbocycles. The molecule has 4 rings (SSSR count). The van der Waals surface area contributed by atoms with Gasteiger partial charge in [0, 0.05) is 18.2 Å². The highest BCUT2D eigenvalue weighted by atomic mass is 19.1. The summed E-state index contributed by atoms with van der Waals surface area (Å²) < 4.78 is 26.4. The van der Waals surface area contributed by atoms with Gasteiger partial charge in [-0.3, -0.25) is 9.48 Å². The molecule has 2 aromatic carbocycles. The average molecular weight is 411 g/mol. The van der Waals surface area contributed by atoms with Gasteiger partial charge in [0.05, 0.1) is 25.9 Å². The van der Waals surface area contributed by atoms with Crippen LogP contribution in [0, 0.1) is 5.82 Å². The molecular formula is C23H26FN3O3. The van der Waals surface area contributed by atoms with Crippen molar-refractivity contribution in [1.29, 1.82) is 0 Å². The van der Waals surface area contributed by atoms with Crippen LogP contribution >= 0.6 is 0 Å². The molecule has 0 saturated heterocycles. The number of carbonyl (C=O) groups is 1. The molecule has 0 saturated carbocycles. The van der Waals surface area contributed by atoms with Gasteiger partial charge in [0.15, 0.2) is 11.6 Å². The van der Waals surface area contributed by atoms with Crippen LogP contribution in [-0.4, -0.2) is 34.2 Å². The molecule has 0 N–H and O–H groups in total. The molecule has 0 atom stereocenters. The van der Waals surface area contributed by atoms with Gasteiger partial charge in [0.1, 0.15) is 6.61 Å². The van der Waals surface area contributed by atoms with Crippen molar-refractivity contribution in [2.45, 2.75) is 33.5 Å². The number of methoxy groups -OCH3 is 1. The number of ether oxygens (including phenoxy) is 2. The van der Waals surface area contributed by atoms with Gasteiger partial charge in [0.25, 0.3) is 5.91 Å². The van der Waals surface area contributed by atoms with Gasteiger partial charge in [-0.1, -0.05) is 44.2 Å². The molecule has 0 fully saturated rings. The van der Waals surface area contributed by atoms with Crippen LogP contribution in [0.25, 0.3) is 0 Å². The normalized spacial score (nSPS) is 12.5. The molecule has 0 spiro atoms. The smallest absolute Gasteiger partial charge is 0.254 e. The molecule has 1 aliphatic heterocycles. The summed E-state index contributed by atoms with van der Waals surface area (Å²) in [6.45, 7) is 5.90. The van der Waals surface area contributed by atoms with Crippen LogP contribution in [0.3, 0.4) is 0 Å². The van der Waals surface area contributed by atoms with E-state index in [-0.39, 0.29) is 11.7 Å². The molecule has 1 amide bonds. The second-order valence-electron chi connectivity index (χ2n) is 6.55. The van der Waals surface area contributed by atoms with Crippen molar-refractivity contribution >= 4 is 5.91 Å². The van der Waals surface area contributed by atoms with Gasteiger partial charge in [0.2, 0.25) is 5.88 Å². The lowest BCUT2D eigenvalue weighted by Crippen LogP contribution is -2.38. The minimum atomic E-state index is -0.549. The van der Waals surface area contributed by atoms with Gasteiger partial charge >= 0.3 is 0 Å². The zero-order chi connectivity index (χ0) is 21.5. The number of aromatic nitrogens is 2. The minimum absolute atomic E-state index is 0.119. The summed E-state index contributed by atoms with van der Waals surface area (Å²) in [5.74, 6) is -0.120. The number of rotatable bonds is 5. The van der Waals surface area contributed by atoms with E-state index in [1.807, 2.05) is 54.9 Å². The summed E-state index contributed by atoms with van der Waals surface area (Å²) >= 11 is 0. The van der Waals surface area contributed by atoms with Crippen molar-refractivity contribution < 1.29 is 18.7 Å². The second kappa shape index (κ2) is 9.91. The second-order valence-corrected chi connectivity index (χ2v) is 6.55. The van der Waals surface area contributed by atoms with Crippen LogP contribution in [0.4, 0.5) is 4.39 Å². The molecule has 2 heterocycles. The Hall–Kier alpha value is -3.35. The number of fused-ring (bicyclic) bond motifs is 1. The number of carbonyl (C=O) groups excluding carboxylic acids is 1. The van der Waals surface area contributed by atoms with E-state index in [9.17, 15) is 9.18 Å². The van der Waals surface area contributed by atoms with Gasteiger partial charge in [-0.15, -0.1) is 5.10 Å². The molecular weight excluding hydrogens is 385 g/mol. The number of amides is 1. The van der Waals surface area contributed by atoms with Crippen molar-refractivity contribution in [2.24, 2.45) is 0 Å². The maximum Gasteiger partial charge on any atom is 0.254 e. The fourth-order valence-electron chi connectivity index (χ4n) is 3.20. The molecule has 158 valence electrons. The van der Waals surface area contributed by atoms with E-state index in [0.29, 0.717) is 37.7 Å². The Kier molecular flexibility index (Phi) is 7.06. The lowest BCUT2D eigenvalue weighted by molar-refractivity contribution is 0.0705. The number of benzene rings is 2. The zero-order valence-corrected chi connectivity index (χ0v) is 17.5. The quantitative estimate of drug-likeness (QED) is 0.628. The summed E-state index contributed by atoms with van der Waals surface area (Å²) in [6, 6.07) is 16.0. The van der Waals surface area contributed by atoms with Crippen LogP contribution in [0.5, 0.6) is 11.6 Å². The molecule has 6 nitrogen and oxygen atoms in total. The van der Waals surface area contributed by atoms with Crippen LogP contribution < -0.4 is 9.47 Å². The highest BCUT2D eigenvalue weighted by Crippen LogP contribution is 2.23. The van der Waals surface area contributed by atoms with Crippen LogP contribution in [0.1, 0.15) is 35.5 Å². The molecule has 7 heteroatoms. The Bertz CT molecular complexity index is 989. The molecule has 0 bridgehead atoms. The van der Waals surface area contributed by atoms with E-state index >= 15 is 0 Å². The average Bonchev–Trinajstić information content (AvgIpc) is 3.21. The van der Waals surface area contributed by atoms with Gasteiger partial charge < -0.3 is 14.4 Å². The lowest BCUT2D eigenvalue weighted by Gasteiger charge is -2.27. The highest BCUT2D eigenvalue weighted by molar-refractivity contribution is 5.94. The van der Waals surface area contributed by atoms with Crippen molar-refractivity contribution in [3.63, 3.8) is 0 Å². The standard InChI is InChI=1S/C21H20FN3O3.C2H6/c1-27-19-8-7-16(11-18(19)22)21(26)24-9-10-25-17(13-24)12-20(23-25)28-14-15-5-3-2-4-6-15;1-2/h2-8,11-12H,9-10,13-14H2,1H3;1-2H3. The van der Waals surface area contributed by atoms with Gasteiger partial charge in [-0.05, 0) is 23.8 Å². The van der Waals surface area contributed by atoms with Crippen LogP contribution in [0.2, 0.25) is 0 Å². The van der Waals surface area contributed by atoms with E-state index in [4.69, 9.17) is 9.47 Å². The third kappa shape index (κ3) is 4.79. The molecule has 3 aromatic rings. The largest absolute Gasteiger partial charge is 0.494 e. The van der Waals surface area contributed by atoms with Gasteiger partial charge in [-0.2, -0.15) is 0 Å². The molecule has 1 aliphatic rings.